The van der Waals surface area contributed by atoms with Crippen molar-refractivity contribution in [2.45, 2.75) is 30.7 Å². The lowest BCUT2D eigenvalue weighted by Gasteiger charge is -2.45. The fourth-order valence-electron chi connectivity index (χ4n) is 4.05. The van der Waals surface area contributed by atoms with Crippen LogP contribution >= 0.6 is 0 Å². The van der Waals surface area contributed by atoms with Gasteiger partial charge in [0.15, 0.2) is 5.78 Å². The van der Waals surface area contributed by atoms with Crippen molar-refractivity contribution in [3.05, 3.63) is 29.8 Å². The van der Waals surface area contributed by atoms with Gasteiger partial charge in [-0.15, -0.1) is 0 Å². The molecule has 18 heavy (non-hydrogen) atoms. The van der Waals surface area contributed by atoms with Crippen LogP contribution in [-0.2, 0) is 4.79 Å². The summed E-state index contributed by atoms with van der Waals surface area (Å²) in [7, 11) is 0. The first-order chi connectivity index (χ1) is 8.72. The van der Waals surface area contributed by atoms with Gasteiger partial charge >= 0.3 is 0 Å². The monoisotopic (exact) mass is 242 g/mol. The van der Waals surface area contributed by atoms with Crippen LogP contribution in [0.1, 0.15) is 30.7 Å². The lowest BCUT2D eigenvalue weighted by molar-refractivity contribution is -0.139. The Morgan fingerprint density at radius 3 is 2.44 bits per heavy atom. The fraction of sp³-hybridized carbons (Fsp3) is 0.533. The maximum absolute atomic E-state index is 12.6. The van der Waals surface area contributed by atoms with Crippen LogP contribution in [-0.4, -0.2) is 29.3 Å². The zero-order valence-corrected chi connectivity index (χ0v) is 10.4. The highest BCUT2D eigenvalue weighted by molar-refractivity contribution is 5.96. The maximum atomic E-state index is 12.6. The second-order valence-corrected chi connectivity index (χ2v) is 5.97. The van der Waals surface area contributed by atoms with E-state index in [1.165, 1.54) is 5.56 Å². The number of hydrogen-bond donors (Lipinski definition) is 1. The Hall–Kier alpha value is -1.35. The number of carbonyl (C=O) groups is 1. The zero-order valence-electron chi connectivity index (χ0n) is 10.4. The van der Waals surface area contributed by atoms with Gasteiger partial charge in [-0.3, -0.25) is 9.69 Å². The minimum absolute atomic E-state index is 0.128. The lowest BCUT2D eigenvalue weighted by atomic mass is 9.79. The van der Waals surface area contributed by atoms with Gasteiger partial charge in [-0.1, -0.05) is 12.1 Å². The Kier molecular flexibility index (Phi) is 1.97. The smallest absolute Gasteiger partial charge is 0.156 e. The number of nitrogens with two attached hydrogens (primary N) is 1. The molecule has 1 aromatic rings. The summed E-state index contributed by atoms with van der Waals surface area (Å²) in [5.74, 6) is 1.27. The number of piperidine rings is 3. The highest BCUT2D eigenvalue weighted by Gasteiger charge is 2.67. The van der Waals surface area contributed by atoms with Gasteiger partial charge in [-0.2, -0.15) is 0 Å². The number of benzene rings is 1. The molecule has 4 fully saturated rings. The topological polar surface area (TPSA) is 46.3 Å². The average Bonchev–Trinajstić information content (AvgIpc) is 3.13. The van der Waals surface area contributed by atoms with Crippen molar-refractivity contribution in [1.29, 1.82) is 0 Å². The molecule has 4 aliphatic rings. The fourth-order valence-corrected chi connectivity index (χ4v) is 4.05. The number of fused-ring (bicyclic) bond motifs is 2. The molecule has 2 bridgehead atoms. The summed E-state index contributed by atoms with van der Waals surface area (Å²) in [6, 6.07) is 8.07. The molecular weight excluding hydrogens is 224 g/mol. The molecule has 2 N–H and O–H groups in total. The van der Waals surface area contributed by atoms with E-state index in [0.29, 0.717) is 17.6 Å². The number of carbonyl (C=O) groups excluding carboxylic acids is 1. The maximum Gasteiger partial charge on any atom is 0.156 e. The van der Waals surface area contributed by atoms with E-state index in [2.05, 4.69) is 17.0 Å². The Morgan fingerprint density at radius 2 is 1.83 bits per heavy atom. The lowest BCUT2D eigenvalue weighted by Crippen LogP contribution is -2.58. The van der Waals surface area contributed by atoms with E-state index >= 15 is 0 Å². The summed E-state index contributed by atoms with van der Waals surface area (Å²) in [5, 5.41) is 0. The molecule has 0 aromatic heterocycles. The molecule has 94 valence electrons. The van der Waals surface area contributed by atoms with Crippen LogP contribution in [0.3, 0.4) is 0 Å². The third-order valence-electron chi connectivity index (χ3n) is 5.13. The number of ketones is 1. The number of anilines is 1. The summed E-state index contributed by atoms with van der Waals surface area (Å²) < 4.78 is 0. The molecule has 2 atom stereocenters. The predicted octanol–water partition coefficient (Wildman–Crippen LogP) is 1.79. The third-order valence-corrected chi connectivity index (χ3v) is 5.13. The summed E-state index contributed by atoms with van der Waals surface area (Å²) in [4.78, 5) is 15.0. The molecule has 1 aromatic carbocycles. The normalized spacial score (nSPS) is 41.3. The molecule has 1 aliphatic carbocycles. The first-order valence-corrected chi connectivity index (χ1v) is 6.86. The molecule has 1 spiro atoms. The molecule has 3 heterocycles. The van der Waals surface area contributed by atoms with Crippen LogP contribution in [0.2, 0.25) is 0 Å². The van der Waals surface area contributed by atoms with Gasteiger partial charge in [0.2, 0.25) is 0 Å². The summed E-state index contributed by atoms with van der Waals surface area (Å²) in [6.07, 6.45) is 3.18. The Morgan fingerprint density at radius 1 is 1.17 bits per heavy atom. The molecule has 0 amide bonds. The third kappa shape index (κ3) is 1.20. The molecule has 3 saturated heterocycles. The first-order valence-electron chi connectivity index (χ1n) is 6.86. The van der Waals surface area contributed by atoms with Crippen molar-refractivity contribution >= 4 is 11.5 Å². The molecule has 0 radical (unpaired) electrons. The molecule has 3 nitrogen and oxygen atoms in total. The number of Topliss-reactive ketones (excluding diaryl/α,β-unsaturated/α-hetero) is 1. The van der Waals surface area contributed by atoms with Crippen molar-refractivity contribution in [3.63, 3.8) is 0 Å². The van der Waals surface area contributed by atoms with Crippen LogP contribution in [0.15, 0.2) is 24.3 Å². The van der Waals surface area contributed by atoms with Gasteiger partial charge in [-0.25, -0.2) is 0 Å². The van der Waals surface area contributed by atoms with E-state index in [1.807, 2.05) is 12.1 Å². The molecule has 5 rings (SSSR count). The van der Waals surface area contributed by atoms with E-state index in [9.17, 15) is 4.79 Å². The van der Waals surface area contributed by atoms with Gasteiger partial charge in [-0.05, 0) is 50.0 Å². The van der Waals surface area contributed by atoms with Crippen LogP contribution < -0.4 is 5.73 Å². The van der Waals surface area contributed by atoms with Gasteiger partial charge in [0.25, 0.3) is 0 Å². The van der Waals surface area contributed by atoms with Crippen molar-refractivity contribution < 1.29 is 4.79 Å². The Labute approximate surface area is 107 Å². The SMILES string of the molecule is Nc1ccc(C2CC23C(=O)C2CCN3CC2)cc1. The number of hydrogen-bond acceptors (Lipinski definition) is 3. The van der Waals surface area contributed by atoms with E-state index in [1.54, 1.807) is 0 Å². The van der Waals surface area contributed by atoms with E-state index in [-0.39, 0.29) is 5.54 Å². The van der Waals surface area contributed by atoms with Gasteiger partial charge in [0.1, 0.15) is 0 Å². The van der Waals surface area contributed by atoms with Gasteiger partial charge in [0, 0.05) is 17.5 Å². The van der Waals surface area contributed by atoms with Crippen molar-refractivity contribution in [2.24, 2.45) is 5.92 Å². The van der Waals surface area contributed by atoms with Crippen LogP contribution in [0, 0.1) is 5.92 Å². The van der Waals surface area contributed by atoms with Crippen LogP contribution in [0.4, 0.5) is 5.69 Å². The minimum atomic E-state index is -0.128. The number of nitrogens with zero attached hydrogens (tertiary/aromatic N) is 1. The molecule has 1 saturated carbocycles. The largest absolute Gasteiger partial charge is 0.399 e. The quantitative estimate of drug-likeness (QED) is 0.764. The summed E-state index contributed by atoms with van der Waals surface area (Å²) in [5.41, 5.74) is 7.68. The van der Waals surface area contributed by atoms with Crippen molar-refractivity contribution in [1.82, 2.24) is 4.90 Å². The highest BCUT2D eigenvalue weighted by atomic mass is 16.1. The standard InChI is InChI=1S/C15H18N2O/c16-12-3-1-10(2-4-12)13-9-15(13)14(18)11-5-7-17(15)8-6-11/h1-4,11,13H,5-9,16H2. The highest BCUT2D eigenvalue weighted by Crippen LogP contribution is 2.60. The number of nitrogen functional groups attached to an aromatic ring is 1. The first kappa shape index (κ1) is 10.6. The Bertz CT molecular complexity index is 502. The molecular formula is C15H18N2O. The molecule has 3 aliphatic heterocycles. The second-order valence-electron chi connectivity index (χ2n) is 5.97. The predicted molar refractivity (Wildman–Crippen MR) is 70.2 cm³/mol. The Balaban J connectivity index is 1.67. The molecule has 3 heteroatoms. The van der Waals surface area contributed by atoms with Gasteiger partial charge in [0.05, 0.1) is 5.54 Å². The number of rotatable bonds is 1. The van der Waals surface area contributed by atoms with E-state index in [4.69, 9.17) is 5.73 Å². The van der Waals surface area contributed by atoms with Crippen LogP contribution in [0.25, 0.3) is 0 Å². The second kappa shape index (κ2) is 3.35. The zero-order chi connectivity index (χ0) is 12.3. The van der Waals surface area contributed by atoms with Crippen molar-refractivity contribution in [2.75, 3.05) is 18.8 Å². The summed E-state index contributed by atoms with van der Waals surface area (Å²) >= 11 is 0. The van der Waals surface area contributed by atoms with Crippen molar-refractivity contribution in [3.8, 4) is 0 Å². The van der Waals surface area contributed by atoms with Crippen LogP contribution in [0.5, 0.6) is 0 Å². The summed E-state index contributed by atoms with van der Waals surface area (Å²) in [6.45, 7) is 2.23. The van der Waals surface area contributed by atoms with E-state index < -0.39 is 0 Å². The minimum Gasteiger partial charge on any atom is -0.399 e. The van der Waals surface area contributed by atoms with E-state index in [0.717, 1.165) is 38.0 Å². The van der Waals surface area contributed by atoms with Gasteiger partial charge < -0.3 is 5.73 Å². The average molecular weight is 242 g/mol. The molecule has 2 unspecified atom stereocenters.